The first-order valence-electron chi connectivity index (χ1n) is 9.67. The Morgan fingerprint density at radius 1 is 0.966 bits per heavy atom. The molecule has 0 atom stereocenters. The molecular formula is C24H25N3O2. The van der Waals surface area contributed by atoms with Crippen LogP contribution >= 0.6 is 0 Å². The molecule has 2 amide bonds. The summed E-state index contributed by atoms with van der Waals surface area (Å²) >= 11 is 0. The van der Waals surface area contributed by atoms with Gasteiger partial charge in [0.2, 0.25) is 0 Å². The Morgan fingerprint density at radius 3 is 2.45 bits per heavy atom. The second-order valence-corrected chi connectivity index (χ2v) is 7.01. The Hall–Kier alpha value is -3.47. The van der Waals surface area contributed by atoms with E-state index in [0.717, 1.165) is 28.8 Å². The van der Waals surface area contributed by atoms with Crippen LogP contribution in [0.2, 0.25) is 0 Å². The number of pyridine rings is 1. The van der Waals surface area contributed by atoms with Crippen LogP contribution in [0.4, 0.5) is 5.69 Å². The normalized spacial score (nSPS) is 10.4. The van der Waals surface area contributed by atoms with Crippen molar-refractivity contribution in [3.05, 3.63) is 94.3 Å². The molecular weight excluding hydrogens is 362 g/mol. The highest BCUT2D eigenvalue weighted by atomic mass is 16.2. The third-order valence-corrected chi connectivity index (χ3v) is 4.81. The standard InChI is InChI=1S/C24H25N3O2/c1-4-19-7-5-6-17(3)22(19)27-24(29)21-14-20(12-13-25-21)23(28)26-15-18-10-8-16(2)9-11-18/h5-14H,4,15H2,1-3H3,(H,26,28)(H,27,29). The quantitative estimate of drug-likeness (QED) is 0.657. The minimum atomic E-state index is -0.331. The van der Waals surface area contributed by atoms with Crippen LogP contribution in [0.5, 0.6) is 0 Å². The van der Waals surface area contributed by atoms with E-state index in [1.54, 1.807) is 6.07 Å². The topological polar surface area (TPSA) is 71.1 Å². The minimum Gasteiger partial charge on any atom is -0.348 e. The Balaban J connectivity index is 1.71. The van der Waals surface area contributed by atoms with Gasteiger partial charge in [-0.2, -0.15) is 0 Å². The van der Waals surface area contributed by atoms with Gasteiger partial charge in [0.25, 0.3) is 11.8 Å². The molecule has 3 aromatic rings. The van der Waals surface area contributed by atoms with Gasteiger partial charge in [-0.1, -0.05) is 55.0 Å². The molecule has 5 heteroatoms. The molecule has 2 aromatic carbocycles. The number of nitrogens with one attached hydrogen (secondary N) is 2. The summed E-state index contributed by atoms with van der Waals surface area (Å²) in [4.78, 5) is 29.4. The average molecular weight is 387 g/mol. The maximum atomic E-state index is 12.7. The summed E-state index contributed by atoms with van der Waals surface area (Å²) in [7, 11) is 0. The van der Waals surface area contributed by atoms with Gasteiger partial charge in [0, 0.05) is 24.0 Å². The zero-order valence-corrected chi connectivity index (χ0v) is 17.0. The number of carbonyl (C=O) groups is 2. The van der Waals surface area contributed by atoms with Crippen LogP contribution in [0, 0.1) is 13.8 Å². The number of benzene rings is 2. The van der Waals surface area contributed by atoms with Gasteiger partial charge in [0.05, 0.1) is 0 Å². The third-order valence-electron chi connectivity index (χ3n) is 4.81. The smallest absolute Gasteiger partial charge is 0.274 e. The molecule has 148 valence electrons. The summed E-state index contributed by atoms with van der Waals surface area (Å²) < 4.78 is 0. The van der Waals surface area contributed by atoms with Crippen molar-refractivity contribution in [3.63, 3.8) is 0 Å². The van der Waals surface area contributed by atoms with Crippen molar-refractivity contribution in [2.45, 2.75) is 33.7 Å². The van der Waals surface area contributed by atoms with Crippen molar-refractivity contribution in [3.8, 4) is 0 Å². The molecule has 5 nitrogen and oxygen atoms in total. The lowest BCUT2D eigenvalue weighted by Gasteiger charge is -2.13. The summed E-state index contributed by atoms with van der Waals surface area (Å²) in [5.41, 5.74) is 5.65. The fourth-order valence-electron chi connectivity index (χ4n) is 3.07. The van der Waals surface area contributed by atoms with Gasteiger partial charge in [-0.3, -0.25) is 14.6 Å². The van der Waals surface area contributed by atoms with Gasteiger partial charge in [-0.25, -0.2) is 0 Å². The van der Waals surface area contributed by atoms with Crippen LogP contribution in [0.15, 0.2) is 60.8 Å². The van der Waals surface area contributed by atoms with E-state index in [0.29, 0.717) is 12.1 Å². The van der Waals surface area contributed by atoms with E-state index < -0.39 is 0 Å². The number of para-hydroxylation sites is 1. The van der Waals surface area contributed by atoms with Gasteiger partial charge >= 0.3 is 0 Å². The van der Waals surface area contributed by atoms with Crippen LogP contribution in [0.1, 0.15) is 50.0 Å². The summed E-state index contributed by atoms with van der Waals surface area (Å²) in [6.07, 6.45) is 2.29. The Kier molecular flexibility index (Phi) is 6.39. The lowest BCUT2D eigenvalue weighted by atomic mass is 10.1. The summed E-state index contributed by atoms with van der Waals surface area (Å²) in [6, 6.07) is 17.0. The first-order chi connectivity index (χ1) is 14.0. The molecule has 0 unspecified atom stereocenters. The maximum absolute atomic E-state index is 12.7. The Morgan fingerprint density at radius 2 is 1.72 bits per heavy atom. The largest absolute Gasteiger partial charge is 0.348 e. The van der Waals surface area contributed by atoms with Crippen molar-refractivity contribution < 1.29 is 9.59 Å². The van der Waals surface area contributed by atoms with Crippen molar-refractivity contribution in [2.24, 2.45) is 0 Å². The Bertz CT molecular complexity index is 1030. The molecule has 0 aliphatic rings. The van der Waals surface area contributed by atoms with E-state index in [9.17, 15) is 9.59 Å². The highest BCUT2D eigenvalue weighted by molar-refractivity contribution is 6.05. The van der Waals surface area contributed by atoms with Gasteiger partial charge in [0.15, 0.2) is 0 Å². The fourth-order valence-corrected chi connectivity index (χ4v) is 3.07. The molecule has 0 saturated carbocycles. The number of carbonyl (C=O) groups excluding carboxylic acids is 2. The van der Waals surface area contributed by atoms with E-state index in [4.69, 9.17) is 0 Å². The van der Waals surface area contributed by atoms with E-state index in [2.05, 4.69) is 15.6 Å². The maximum Gasteiger partial charge on any atom is 0.274 e. The average Bonchev–Trinajstić information content (AvgIpc) is 2.74. The van der Waals surface area contributed by atoms with Crippen molar-refractivity contribution in [1.29, 1.82) is 0 Å². The minimum absolute atomic E-state index is 0.207. The van der Waals surface area contributed by atoms with Crippen molar-refractivity contribution in [1.82, 2.24) is 10.3 Å². The summed E-state index contributed by atoms with van der Waals surface area (Å²) in [6.45, 7) is 6.44. The SMILES string of the molecule is CCc1cccc(C)c1NC(=O)c1cc(C(=O)NCc2ccc(C)cc2)ccn1. The number of aryl methyl sites for hydroxylation is 3. The van der Waals surface area contributed by atoms with Gasteiger partial charge < -0.3 is 10.6 Å². The monoisotopic (exact) mass is 387 g/mol. The molecule has 1 aromatic heterocycles. The molecule has 1 heterocycles. The molecule has 0 fully saturated rings. The molecule has 0 bridgehead atoms. The van der Waals surface area contributed by atoms with Crippen LogP contribution in [-0.4, -0.2) is 16.8 Å². The lowest BCUT2D eigenvalue weighted by Crippen LogP contribution is -2.24. The predicted molar refractivity (Wildman–Crippen MR) is 115 cm³/mol. The molecule has 29 heavy (non-hydrogen) atoms. The molecule has 0 saturated heterocycles. The van der Waals surface area contributed by atoms with Crippen LogP contribution in [0.3, 0.4) is 0 Å². The lowest BCUT2D eigenvalue weighted by molar-refractivity contribution is 0.0951. The number of hydrogen-bond donors (Lipinski definition) is 2. The van der Waals surface area contributed by atoms with Gasteiger partial charge in [-0.05, 0) is 49.1 Å². The van der Waals surface area contributed by atoms with Crippen LogP contribution in [0.25, 0.3) is 0 Å². The molecule has 2 N–H and O–H groups in total. The number of aromatic nitrogens is 1. The second kappa shape index (κ2) is 9.15. The second-order valence-electron chi connectivity index (χ2n) is 7.01. The van der Waals surface area contributed by atoms with Gasteiger partial charge in [-0.15, -0.1) is 0 Å². The number of anilines is 1. The fraction of sp³-hybridized carbons (Fsp3) is 0.208. The highest BCUT2D eigenvalue weighted by Gasteiger charge is 2.14. The molecule has 0 radical (unpaired) electrons. The first-order valence-corrected chi connectivity index (χ1v) is 9.67. The molecule has 0 spiro atoms. The van der Waals surface area contributed by atoms with Crippen LogP contribution in [-0.2, 0) is 13.0 Å². The predicted octanol–water partition coefficient (Wildman–Crippen LogP) is 4.44. The van der Waals surface area contributed by atoms with E-state index in [1.807, 2.05) is 63.2 Å². The highest BCUT2D eigenvalue weighted by Crippen LogP contribution is 2.21. The molecule has 0 aliphatic carbocycles. The number of hydrogen-bond acceptors (Lipinski definition) is 3. The number of amides is 2. The van der Waals surface area contributed by atoms with E-state index in [-0.39, 0.29) is 17.5 Å². The number of nitrogens with zero attached hydrogens (tertiary/aromatic N) is 1. The summed E-state index contributed by atoms with van der Waals surface area (Å²) in [5, 5.41) is 5.82. The van der Waals surface area contributed by atoms with Gasteiger partial charge in [0.1, 0.15) is 5.69 Å². The molecule has 3 rings (SSSR count). The van der Waals surface area contributed by atoms with E-state index >= 15 is 0 Å². The van der Waals surface area contributed by atoms with Crippen molar-refractivity contribution in [2.75, 3.05) is 5.32 Å². The zero-order chi connectivity index (χ0) is 20.8. The first kappa shape index (κ1) is 20.3. The molecule has 0 aliphatic heterocycles. The summed E-state index contributed by atoms with van der Waals surface area (Å²) in [5.74, 6) is -0.575. The van der Waals surface area contributed by atoms with Crippen molar-refractivity contribution >= 4 is 17.5 Å². The third kappa shape index (κ3) is 5.08. The zero-order valence-electron chi connectivity index (χ0n) is 17.0. The van der Waals surface area contributed by atoms with Crippen LogP contribution < -0.4 is 10.6 Å². The Labute approximate surface area is 171 Å². The van der Waals surface area contributed by atoms with E-state index in [1.165, 1.54) is 17.8 Å². The number of rotatable bonds is 6.